The zero-order chi connectivity index (χ0) is 20.0. The maximum atomic E-state index is 13.6. The molecule has 0 aliphatic heterocycles. The molecule has 0 unspecified atom stereocenters. The van der Waals surface area contributed by atoms with Gasteiger partial charge in [-0.3, -0.25) is 9.36 Å². The minimum Gasteiger partial charge on any atom is -0.268 e. The highest BCUT2D eigenvalue weighted by Crippen LogP contribution is 2.32. The van der Waals surface area contributed by atoms with Gasteiger partial charge in [-0.15, -0.1) is 0 Å². The van der Waals surface area contributed by atoms with E-state index in [2.05, 4.69) is 44.2 Å². The third-order valence-electron chi connectivity index (χ3n) is 5.52. The summed E-state index contributed by atoms with van der Waals surface area (Å²) in [5, 5.41) is 2.21. The lowest BCUT2D eigenvalue weighted by atomic mass is 10.0. The van der Waals surface area contributed by atoms with Crippen LogP contribution in [-0.4, -0.2) is 15.5 Å². The Bertz CT molecular complexity index is 1380. The van der Waals surface area contributed by atoms with Gasteiger partial charge in [-0.05, 0) is 60.0 Å². The molecule has 0 aliphatic rings. The average molecular weight is 376 g/mol. The van der Waals surface area contributed by atoms with Gasteiger partial charge in [-0.1, -0.05) is 60.7 Å². The molecule has 0 N–H and O–H groups in total. The first kappa shape index (κ1) is 17.4. The van der Waals surface area contributed by atoms with Gasteiger partial charge in [-0.25, -0.2) is 4.98 Å². The van der Waals surface area contributed by atoms with Crippen LogP contribution in [0.5, 0.6) is 0 Å². The van der Waals surface area contributed by atoms with Crippen LogP contribution in [0.1, 0.15) is 21.5 Å². The number of aryl methyl sites for hydroxylation is 2. The molecule has 0 saturated carbocycles. The molecule has 0 saturated heterocycles. The van der Waals surface area contributed by atoms with E-state index in [1.54, 1.807) is 4.57 Å². The van der Waals surface area contributed by atoms with Crippen molar-refractivity contribution in [3.63, 3.8) is 0 Å². The maximum absolute atomic E-state index is 13.6. The number of benzene rings is 4. The Kier molecular flexibility index (Phi) is 4.02. The normalized spacial score (nSPS) is 11.2. The molecule has 0 spiro atoms. The topological polar surface area (TPSA) is 34.9 Å². The number of imidazole rings is 1. The largest absolute Gasteiger partial charge is 0.268 e. The van der Waals surface area contributed by atoms with Gasteiger partial charge >= 0.3 is 0 Å². The average Bonchev–Trinajstić information content (AvgIpc) is 3.11. The Balaban J connectivity index is 1.87. The molecule has 0 radical (unpaired) electrons. The quantitative estimate of drug-likeness (QED) is 0.370. The summed E-state index contributed by atoms with van der Waals surface area (Å²) in [7, 11) is 0. The highest BCUT2D eigenvalue weighted by Gasteiger charge is 2.21. The molecular weight excluding hydrogens is 356 g/mol. The maximum Gasteiger partial charge on any atom is 0.264 e. The fourth-order valence-corrected chi connectivity index (χ4v) is 3.85. The Hall–Kier alpha value is -3.72. The Morgan fingerprint density at radius 3 is 2.31 bits per heavy atom. The van der Waals surface area contributed by atoms with Crippen LogP contribution in [0.15, 0.2) is 84.9 Å². The van der Waals surface area contributed by atoms with E-state index >= 15 is 0 Å². The Labute approximate surface area is 169 Å². The first-order chi connectivity index (χ1) is 14.1. The zero-order valence-electron chi connectivity index (χ0n) is 16.4. The van der Waals surface area contributed by atoms with Gasteiger partial charge in [0, 0.05) is 11.1 Å². The van der Waals surface area contributed by atoms with Crippen molar-refractivity contribution in [2.45, 2.75) is 13.8 Å². The second-order valence-corrected chi connectivity index (χ2v) is 7.39. The van der Waals surface area contributed by atoms with Crippen molar-refractivity contribution in [1.82, 2.24) is 9.55 Å². The van der Waals surface area contributed by atoms with Crippen molar-refractivity contribution in [3.8, 4) is 11.4 Å². The summed E-state index contributed by atoms with van der Waals surface area (Å²) in [6, 6.07) is 27.9. The molecule has 0 aliphatic carbocycles. The van der Waals surface area contributed by atoms with Crippen LogP contribution in [0.3, 0.4) is 0 Å². The number of nitrogens with zero attached hydrogens (tertiary/aromatic N) is 2. The van der Waals surface area contributed by atoms with E-state index in [0.29, 0.717) is 11.4 Å². The summed E-state index contributed by atoms with van der Waals surface area (Å²) >= 11 is 0. The summed E-state index contributed by atoms with van der Waals surface area (Å²) < 4.78 is 1.76. The minimum absolute atomic E-state index is 0.0701. The molecule has 0 bridgehead atoms. The van der Waals surface area contributed by atoms with E-state index < -0.39 is 0 Å². The van der Waals surface area contributed by atoms with Crippen molar-refractivity contribution in [1.29, 1.82) is 0 Å². The smallest absolute Gasteiger partial charge is 0.264 e. The van der Waals surface area contributed by atoms with E-state index in [-0.39, 0.29) is 5.91 Å². The lowest BCUT2D eigenvalue weighted by Crippen LogP contribution is -2.13. The number of hydrogen-bond acceptors (Lipinski definition) is 2. The number of hydrogen-bond donors (Lipinski definition) is 0. The van der Waals surface area contributed by atoms with Crippen LogP contribution in [0, 0.1) is 13.8 Å². The summed E-state index contributed by atoms with van der Waals surface area (Å²) in [5.41, 5.74) is 5.58. The van der Waals surface area contributed by atoms with Gasteiger partial charge in [0.2, 0.25) is 0 Å². The summed E-state index contributed by atoms with van der Waals surface area (Å²) in [6.45, 7) is 4.14. The van der Waals surface area contributed by atoms with Gasteiger partial charge in [0.05, 0.1) is 11.0 Å². The lowest BCUT2D eigenvalue weighted by molar-refractivity contribution is 0.0966. The molecule has 1 aromatic heterocycles. The van der Waals surface area contributed by atoms with Crippen LogP contribution < -0.4 is 0 Å². The summed E-state index contributed by atoms with van der Waals surface area (Å²) in [6.07, 6.45) is 0. The fraction of sp³-hybridized carbons (Fsp3) is 0.0769. The first-order valence-corrected chi connectivity index (χ1v) is 9.71. The van der Waals surface area contributed by atoms with E-state index in [9.17, 15) is 4.79 Å². The summed E-state index contributed by atoms with van der Waals surface area (Å²) in [5.74, 6) is 0.606. The SMILES string of the molecule is Cc1cc2nc(-c3cccc4ccccc34)n(C(=O)c3ccccc3)c2cc1C. The van der Waals surface area contributed by atoms with E-state index in [4.69, 9.17) is 4.98 Å². The third kappa shape index (κ3) is 2.83. The third-order valence-corrected chi connectivity index (χ3v) is 5.52. The number of fused-ring (bicyclic) bond motifs is 2. The molecular formula is C26H20N2O. The van der Waals surface area contributed by atoms with Crippen LogP contribution in [-0.2, 0) is 0 Å². The van der Waals surface area contributed by atoms with Crippen molar-refractivity contribution in [3.05, 3.63) is 102 Å². The van der Waals surface area contributed by atoms with E-state index in [0.717, 1.165) is 32.9 Å². The molecule has 29 heavy (non-hydrogen) atoms. The van der Waals surface area contributed by atoms with Crippen LogP contribution >= 0.6 is 0 Å². The molecule has 1 heterocycles. The predicted molar refractivity (Wildman–Crippen MR) is 118 cm³/mol. The van der Waals surface area contributed by atoms with Crippen LogP contribution in [0.25, 0.3) is 33.2 Å². The Morgan fingerprint density at radius 1 is 0.793 bits per heavy atom. The molecule has 5 aromatic rings. The minimum atomic E-state index is -0.0701. The van der Waals surface area contributed by atoms with Crippen LogP contribution in [0.2, 0.25) is 0 Å². The Morgan fingerprint density at radius 2 is 1.48 bits per heavy atom. The van der Waals surface area contributed by atoms with Gasteiger partial charge < -0.3 is 0 Å². The van der Waals surface area contributed by atoms with Crippen molar-refractivity contribution in [2.24, 2.45) is 0 Å². The fourth-order valence-electron chi connectivity index (χ4n) is 3.85. The molecule has 5 rings (SSSR count). The monoisotopic (exact) mass is 376 g/mol. The van der Waals surface area contributed by atoms with Crippen molar-refractivity contribution in [2.75, 3.05) is 0 Å². The number of aromatic nitrogens is 2. The van der Waals surface area contributed by atoms with E-state index in [1.807, 2.05) is 54.6 Å². The van der Waals surface area contributed by atoms with Crippen LogP contribution in [0.4, 0.5) is 0 Å². The van der Waals surface area contributed by atoms with Gasteiger partial charge in [0.25, 0.3) is 5.91 Å². The second kappa shape index (κ2) is 6.71. The first-order valence-electron chi connectivity index (χ1n) is 9.71. The molecule has 3 nitrogen and oxygen atoms in total. The molecule has 4 aromatic carbocycles. The highest BCUT2D eigenvalue weighted by atomic mass is 16.2. The van der Waals surface area contributed by atoms with E-state index in [1.165, 1.54) is 5.56 Å². The molecule has 0 amide bonds. The number of rotatable bonds is 2. The zero-order valence-corrected chi connectivity index (χ0v) is 16.4. The lowest BCUT2D eigenvalue weighted by Gasteiger charge is -2.11. The predicted octanol–water partition coefficient (Wildman–Crippen LogP) is 6.16. The standard InChI is InChI=1S/C26H20N2O/c1-17-15-23-24(16-18(17)2)28(26(29)20-10-4-3-5-11-20)25(27-23)22-14-8-12-19-9-6-7-13-21(19)22/h3-16H,1-2H3. The highest BCUT2D eigenvalue weighted by molar-refractivity contribution is 6.06. The van der Waals surface area contributed by atoms with Crippen molar-refractivity contribution < 1.29 is 4.79 Å². The summed E-state index contributed by atoms with van der Waals surface area (Å²) in [4.78, 5) is 18.5. The number of carbonyl (C=O) groups excluding carboxylic acids is 1. The molecule has 3 heteroatoms. The second-order valence-electron chi connectivity index (χ2n) is 7.39. The van der Waals surface area contributed by atoms with Gasteiger partial charge in [0.15, 0.2) is 0 Å². The number of carbonyl (C=O) groups is 1. The molecule has 140 valence electrons. The van der Waals surface area contributed by atoms with Gasteiger partial charge in [-0.2, -0.15) is 0 Å². The molecule has 0 atom stereocenters. The van der Waals surface area contributed by atoms with Crippen molar-refractivity contribution >= 4 is 27.7 Å². The van der Waals surface area contributed by atoms with Gasteiger partial charge in [0.1, 0.15) is 5.82 Å². The molecule has 0 fully saturated rings.